The molecule has 182 valence electrons. The number of carbonyl (C=O) groups excluding carboxylic acids is 1. The Hall–Kier alpha value is -2.51. The van der Waals surface area contributed by atoms with Crippen LogP contribution in [0.3, 0.4) is 0 Å². The molecule has 2 aromatic rings. The Labute approximate surface area is 195 Å². The van der Waals surface area contributed by atoms with Gasteiger partial charge in [0.05, 0.1) is 9.79 Å². The second-order valence-corrected chi connectivity index (χ2v) is 10.7. The summed E-state index contributed by atoms with van der Waals surface area (Å²) in [6.45, 7) is 7.28. The molecule has 0 bridgehead atoms. The average molecular weight is 498 g/mol. The van der Waals surface area contributed by atoms with E-state index in [4.69, 9.17) is 5.14 Å². The van der Waals surface area contributed by atoms with Crippen molar-refractivity contribution in [3.8, 4) is 0 Å². The van der Waals surface area contributed by atoms with Crippen LogP contribution in [-0.2, 0) is 26.6 Å². The molecule has 10 nitrogen and oxygen atoms in total. The summed E-state index contributed by atoms with van der Waals surface area (Å²) < 4.78 is 50.2. The summed E-state index contributed by atoms with van der Waals surface area (Å²) in [6.07, 6.45) is 0. The van der Waals surface area contributed by atoms with Crippen LogP contribution in [0.2, 0.25) is 0 Å². The molecule has 0 heterocycles. The molecule has 0 saturated heterocycles. The zero-order valence-electron chi connectivity index (χ0n) is 19.0. The van der Waals surface area contributed by atoms with Crippen LogP contribution in [0.4, 0.5) is 10.5 Å². The van der Waals surface area contributed by atoms with Crippen molar-refractivity contribution in [1.82, 2.24) is 14.5 Å². The number of hydrogen-bond donors (Lipinski definition) is 3. The van der Waals surface area contributed by atoms with Crippen LogP contribution < -0.4 is 15.2 Å². The summed E-state index contributed by atoms with van der Waals surface area (Å²) in [5.74, 6) is 0. The number of anilines is 1. The van der Waals surface area contributed by atoms with Gasteiger partial charge in [-0.05, 0) is 55.1 Å². The lowest BCUT2D eigenvalue weighted by atomic mass is 10.2. The molecule has 0 unspecified atom stereocenters. The molecule has 0 aromatic heterocycles. The van der Waals surface area contributed by atoms with Crippen LogP contribution in [0.15, 0.2) is 58.3 Å². The molecular weight excluding hydrogens is 466 g/mol. The van der Waals surface area contributed by atoms with E-state index < -0.39 is 20.0 Å². The maximum Gasteiger partial charge on any atom is 0.321 e. The van der Waals surface area contributed by atoms with Crippen molar-refractivity contribution in [2.24, 2.45) is 5.14 Å². The van der Waals surface area contributed by atoms with E-state index in [0.29, 0.717) is 17.8 Å². The predicted molar refractivity (Wildman–Crippen MR) is 128 cm³/mol. The van der Waals surface area contributed by atoms with Crippen LogP contribution in [0.1, 0.15) is 19.4 Å². The molecule has 4 N–H and O–H groups in total. The molecule has 12 heteroatoms. The van der Waals surface area contributed by atoms with Crippen molar-refractivity contribution < 1.29 is 21.6 Å². The highest BCUT2D eigenvalue weighted by molar-refractivity contribution is 7.89. The van der Waals surface area contributed by atoms with Gasteiger partial charge >= 0.3 is 6.03 Å². The molecule has 0 spiro atoms. The van der Waals surface area contributed by atoms with Gasteiger partial charge in [0.25, 0.3) is 0 Å². The summed E-state index contributed by atoms with van der Waals surface area (Å²) >= 11 is 0. The maximum absolute atomic E-state index is 12.6. The largest absolute Gasteiger partial charge is 0.326 e. The topological polar surface area (TPSA) is 142 Å². The molecule has 2 amide bonds. The van der Waals surface area contributed by atoms with E-state index in [1.807, 2.05) is 0 Å². The Morgan fingerprint density at radius 3 is 1.94 bits per heavy atom. The number of rotatable bonds is 11. The van der Waals surface area contributed by atoms with E-state index in [9.17, 15) is 21.6 Å². The summed E-state index contributed by atoms with van der Waals surface area (Å²) in [5.41, 5.74) is 1.05. The number of sulfonamides is 2. The summed E-state index contributed by atoms with van der Waals surface area (Å²) in [7, 11) is -5.91. The molecule has 33 heavy (non-hydrogen) atoms. The van der Waals surface area contributed by atoms with E-state index in [1.165, 1.54) is 48.5 Å². The van der Waals surface area contributed by atoms with Crippen molar-refractivity contribution in [1.29, 1.82) is 0 Å². The molecule has 0 aliphatic carbocycles. The minimum Gasteiger partial charge on any atom is -0.326 e. The van der Waals surface area contributed by atoms with Crippen LogP contribution in [0.5, 0.6) is 0 Å². The molecule has 2 aromatic carbocycles. The van der Waals surface area contributed by atoms with Gasteiger partial charge in [0.15, 0.2) is 0 Å². The standard InChI is InChI=1S/C21H31N5O5S2/c1-4-26(5-2)15-14-25(3)21(27)24-18-8-12-20(13-9-18)33(30,31)23-16-17-6-10-19(11-7-17)32(22,28)29/h6-13,23H,4-5,14-16H2,1-3H3,(H,24,27)(H2,22,28,29). The summed E-state index contributed by atoms with van der Waals surface area (Å²) in [5, 5.41) is 7.80. The Morgan fingerprint density at radius 1 is 0.879 bits per heavy atom. The van der Waals surface area contributed by atoms with E-state index in [2.05, 4.69) is 28.8 Å². The number of nitrogens with two attached hydrogens (primary N) is 1. The first-order valence-electron chi connectivity index (χ1n) is 10.4. The number of carbonyl (C=O) groups is 1. The number of hydrogen-bond acceptors (Lipinski definition) is 6. The Morgan fingerprint density at radius 2 is 1.42 bits per heavy atom. The Bertz CT molecular complexity index is 1130. The molecule has 0 aliphatic heterocycles. The molecule has 0 saturated carbocycles. The van der Waals surface area contributed by atoms with Crippen molar-refractivity contribution >= 4 is 31.8 Å². The number of likely N-dealkylation sites (N-methyl/N-ethyl adjacent to an activating group) is 2. The van der Waals surface area contributed by atoms with Gasteiger partial charge in [-0.3, -0.25) is 0 Å². The highest BCUT2D eigenvalue weighted by atomic mass is 32.2. The zero-order chi connectivity index (χ0) is 24.6. The van der Waals surface area contributed by atoms with Gasteiger partial charge in [0.2, 0.25) is 20.0 Å². The van der Waals surface area contributed by atoms with E-state index in [1.54, 1.807) is 11.9 Å². The molecule has 0 atom stereocenters. The third kappa shape index (κ3) is 8.09. The smallest absolute Gasteiger partial charge is 0.321 e. The number of nitrogens with zero attached hydrogens (tertiary/aromatic N) is 2. The van der Waals surface area contributed by atoms with E-state index in [0.717, 1.165) is 19.6 Å². The number of benzene rings is 2. The van der Waals surface area contributed by atoms with Gasteiger partial charge in [-0.2, -0.15) is 0 Å². The fraction of sp³-hybridized carbons (Fsp3) is 0.381. The van der Waals surface area contributed by atoms with Gasteiger partial charge in [-0.25, -0.2) is 31.5 Å². The van der Waals surface area contributed by atoms with E-state index >= 15 is 0 Å². The average Bonchev–Trinajstić information content (AvgIpc) is 2.78. The minimum atomic E-state index is -3.81. The number of amides is 2. The quantitative estimate of drug-likeness (QED) is 0.431. The van der Waals surface area contributed by atoms with Gasteiger partial charge < -0.3 is 15.1 Å². The first-order valence-corrected chi connectivity index (χ1v) is 13.4. The van der Waals surface area contributed by atoms with Crippen LogP contribution in [-0.4, -0.2) is 65.9 Å². The SMILES string of the molecule is CCN(CC)CCN(C)C(=O)Nc1ccc(S(=O)(=O)NCc2ccc(S(N)(=O)=O)cc2)cc1. The molecule has 0 radical (unpaired) electrons. The number of urea groups is 1. The first-order chi connectivity index (χ1) is 15.5. The molecule has 0 aliphatic rings. The monoisotopic (exact) mass is 497 g/mol. The fourth-order valence-electron chi connectivity index (χ4n) is 2.93. The maximum atomic E-state index is 12.6. The second kappa shape index (κ2) is 11.6. The van der Waals surface area contributed by atoms with E-state index in [-0.39, 0.29) is 22.4 Å². The zero-order valence-corrected chi connectivity index (χ0v) is 20.6. The lowest BCUT2D eigenvalue weighted by Gasteiger charge is -2.23. The van der Waals surface area contributed by atoms with Gasteiger partial charge in [0, 0.05) is 32.4 Å². The molecule has 0 fully saturated rings. The third-order valence-corrected chi connectivity index (χ3v) is 7.47. The highest BCUT2D eigenvalue weighted by Gasteiger charge is 2.15. The van der Waals surface area contributed by atoms with Crippen molar-refractivity contribution in [3.63, 3.8) is 0 Å². The minimum absolute atomic E-state index is 0.0247. The van der Waals surface area contributed by atoms with Gasteiger partial charge in [-0.15, -0.1) is 0 Å². The summed E-state index contributed by atoms with van der Waals surface area (Å²) in [6, 6.07) is 11.2. The van der Waals surface area contributed by atoms with Crippen molar-refractivity contribution in [3.05, 3.63) is 54.1 Å². The van der Waals surface area contributed by atoms with Crippen LogP contribution >= 0.6 is 0 Å². The van der Waals surface area contributed by atoms with Crippen molar-refractivity contribution in [2.45, 2.75) is 30.2 Å². The Balaban J connectivity index is 1.94. The molecule has 2 rings (SSSR count). The normalized spacial score (nSPS) is 12.0. The van der Waals surface area contributed by atoms with Gasteiger partial charge in [0.1, 0.15) is 0 Å². The number of primary sulfonamides is 1. The highest BCUT2D eigenvalue weighted by Crippen LogP contribution is 2.15. The Kier molecular flexibility index (Phi) is 9.37. The predicted octanol–water partition coefficient (Wildman–Crippen LogP) is 1.62. The fourth-order valence-corrected chi connectivity index (χ4v) is 4.46. The lowest BCUT2D eigenvalue weighted by Crippen LogP contribution is -2.38. The van der Waals surface area contributed by atoms with Crippen LogP contribution in [0, 0.1) is 0 Å². The van der Waals surface area contributed by atoms with Crippen LogP contribution in [0.25, 0.3) is 0 Å². The lowest BCUT2D eigenvalue weighted by molar-refractivity contribution is 0.210. The second-order valence-electron chi connectivity index (χ2n) is 7.42. The van der Waals surface area contributed by atoms with Crippen molar-refractivity contribution in [2.75, 3.05) is 38.5 Å². The number of nitrogens with one attached hydrogen (secondary N) is 2. The molecular formula is C21H31N5O5S2. The third-order valence-electron chi connectivity index (χ3n) is 5.13. The summed E-state index contributed by atoms with van der Waals surface area (Å²) in [4.78, 5) is 16.1. The van der Waals surface area contributed by atoms with Gasteiger partial charge in [-0.1, -0.05) is 26.0 Å². The first kappa shape index (κ1) is 26.7.